The molecule has 0 spiro atoms. The van der Waals surface area contributed by atoms with E-state index in [0.717, 1.165) is 62.6 Å². The van der Waals surface area contributed by atoms with Crippen LogP contribution in [-0.2, 0) is 94.4 Å². The number of nitrogens with one attached hydrogen (secondary N) is 6. The molecule has 82 heavy (non-hydrogen) atoms. The largest absolute Gasteiger partial charge is 0.481 e. The highest BCUT2D eigenvalue weighted by atomic mass is 35.5. The Morgan fingerprint density at radius 3 is 1.23 bits per heavy atom. The fourth-order valence-electron chi connectivity index (χ4n) is 9.07. The lowest BCUT2D eigenvalue weighted by atomic mass is 10.0. The minimum Gasteiger partial charge on any atom is -0.481 e. The number of carboxylic acids is 3. The van der Waals surface area contributed by atoms with Crippen LogP contribution in [0.25, 0.3) is 0 Å². The molecule has 22 nitrogen and oxygen atoms in total. The molecule has 6 aromatic rings. The highest BCUT2D eigenvalue weighted by Crippen LogP contribution is 2.30. The summed E-state index contributed by atoms with van der Waals surface area (Å²) in [5.41, 5.74) is 13.1. The molecule has 0 radical (unpaired) electrons. The molecule has 9 N–H and O–H groups in total. The Balaban J connectivity index is 0.000000142. The molecule has 6 amide bonds. The van der Waals surface area contributed by atoms with Crippen LogP contribution in [0.2, 0.25) is 0 Å². The summed E-state index contributed by atoms with van der Waals surface area (Å²) in [7, 11) is 2.66. The van der Waals surface area contributed by atoms with Gasteiger partial charge >= 0.3 is 29.8 Å². The molecule has 6 aliphatic rings. The quantitative estimate of drug-likeness (QED) is 0.0527. The van der Waals surface area contributed by atoms with Crippen LogP contribution in [0, 0.1) is 0 Å². The molecule has 6 aliphatic heterocycles. The maximum absolute atomic E-state index is 11.3. The van der Waals surface area contributed by atoms with E-state index in [9.17, 15) is 52.7 Å². The molecule has 6 aromatic carbocycles. The number of methoxy groups -OCH3 is 2. The summed E-state index contributed by atoms with van der Waals surface area (Å²) in [6.07, 6.45) is 3.43. The molecule has 23 heteroatoms. The van der Waals surface area contributed by atoms with Gasteiger partial charge in [-0.05, 0) is 130 Å². The standard InChI is InChI=1S/C11H11NO3.C10H10ClNO.2C10H9NO3.2C9H7NO3/c13-10-6-8-5-7(2-4-11(14)15)1-3-9(8)12-10;11-4-3-7-1-2-9-8(5-7)6-10(13)12-9;1-14-10(13)6-2-3-8-7(4-6)5-9(12)11-8;1-14-10(13)6-3-2-4-8-7(6)5-9(12)11-8;11-8-4-6-3-5(9(12)13)1-2-7(6)10-8;11-8-4-6-5(9(12)13)2-1-3-7(6)10-8/h1,3,5H,2,4,6H2,(H,12,13)(H,14,15);1-2,5H,3-4,6H2,(H,12,13);2*2-4H,5H2,1H3,(H,11,12);2*1-3H,4H2,(H,10,11)(H,12,13). The smallest absolute Gasteiger partial charge is 0.338 e. The number of ether oxygens (including phenoxy) is 2. The Morgan fingerprint density at radius 1 is 0.427 bits per heavy atom. The van der Waals surface area contributed by atoms with Gasteiger partial charge < -0.3 is 56.7 Å². The van der Waals surface area contributed by atoms with E-state index in [2.05, 4.69) is 47.4 Å². The molecule has 422 valence electrons. The minimum absolute atomic E-state index is 0.000356. The minimum atomic E-state index is -0.992. The predicted octanol–water partition coefficient (Wildman–Crippen LogP) is 6.86. The van der Waals surface area contributed by atoms with Crippen molar-refractivity contribution in [2.45, 2.75) is 57.8 Å². The highest BCUT2D eigenvalue weighted by molar-refractivity contribution is 6.18. The number of carboxylic acid groups (broad SMARTS) is 3. The Labute approximate surface area is 472 Å². The third kappa shape index (κ3) is 15.5. The van der Waals surface area contributed by atoms with E-state index >= 15 is 0 Å². The van der Waals surface area contributed by atoms with Crippen molar-refractivity contribution in [2.75, 3.05) is 52.0 Å². The van der Waals surface area contributed by atoms with Crippen molar-refractivity contribution in [3.63, 3.8) is 0 Å². The predicted molar refractivity (Wildman–Crippen MR) is 300 cm³/mol. The number of fused-ring (bicyclic) bond motifs is 6. The summed E-state index contributed by atoms with van der Waals surface area (Å²) in [6, 6.07) is 31.2. The number of hydrogen-bond acceptors (Lipinski definition) is 13. The number of carbonyl (C=O) groups is 11. The maximum atomic E-state index is 11.3. The summed E-state index contributed by atoms with van der Waals surface area (Å²) >= 11 is 5.63. The number of hydrogen-bond donors (Lipinski definition) is 9. The summed E-state index contributed by atoms with van der Waals surface area (Å²) in [4.78, 5) is 120. The number of aryl methyl sites for hydroxylation is 2. The van der Waals surface area contributed by atoms with Crippen LogP contribution in [0.5, 0.6) is 0 Å². The van der Waals surface area contributed by atoms with Gasteiger partial charge in [0, 0.05) is 46.4 Å². The number of rotatable bonds is 9. The number of anilines is 6. The molecule has 0 unspecified atom stereocenters. The van der Waals surface area contributed by atoms with Crippen molar-refractivity contribution in [2.24, 2.45) is 0 Å². The number of benzene rings is 6. The van der Waals surface area contributed by atoms with Gasteiger partial charge in [0.05, 0.1) is 75.0 Å². The normalized spacial score (nSPS) is 13.6. The van der Waals surface area contributed by atoms with Gasteiger partial charge in [-0.1, -0.05) is 36.4 Å². The van der Waals surface area contributed by atoms with Gasteiger partial charge in [0.25, 0.3) is 0 Å². The third-order valence-corrected chi connectivity index (χ3v) is 13.1. The first kappa shape index (κ1) is 59.4. The number of carbonyl (C=O) groups excluding carboxylic acids is 8. The van der Waals surface area contributed by atoms with Crippen LogP contribution in [0.1, 0.15) is 92.4 Å². The van der Waals surface area contributed by atoms with Crippen molar-refractivity contribution in [1.29, 1.82) is 0 Å². The first-order chi connectivity index (χ1) is 39.2. The van der Waals surface area contributed by atoms with Gasteiger partial charge in [-0.15, -0.1) is 11.6 Å². The molecule has 0 aromatic heterocycles. The lowest BCUT2D eigenvalue weighted by Gasteiger charge is -2.03. The molecule has 0 saturated carbocycles. The average molecular weight is 1140 g/mol. The first-order valence-corrected chi connectivity index (χ1v) is 25.7. The maximum Gasteiger partial charge on any atom is 0.338 e. The highest BCUT2D eigenvalue weighted by Gasteiger charge is 2.26. The molecule has 0 bridgehead atoms. The number of esters is 2. The number of amides is 6. The summed E-state index contributed by atoms with van der Waals surface area (Å²) in [6.45, 7) is 0. The number of aliphatic carboxylic acids is 1. The second kappa shape index (κ2) is 27.1. The first-order valence-electron chi connectivity index (χ1n) is 25.2. The van der Waals surface area contributed by atoms with Crippen LogP contribution in [-0.4, -0.2) is 101 Å². The van der Waals surface area contributed by atoms with Crippen LogP contribution < -0.4 is 31.9 Å². The molecule has 0 fully saturated rings. The van der Waals surface area contributed by atoms with Crippen LogP contribution in [0.15, 0.2) is 109 Å². The monoisotopic (exact) mass is 1140 g/mol. The van der Waals surface area contributed by atoms with E-state index in [1.54, 1.807) is 54.6 Å². The third-order valence-electron chi connectivity index (χ3n) is 12.9. The lowest BCUT2D eigenvalue weighted by Crippen LogP contribution is -2.05. The van der Waals surface area contributed by atoms with Gasteiger partial charge in [-0.2, -0.15) is 0 Å². The summed E-state index contributed by atoms with van der Waals surface area (Å²) < 4.78 is 9.20. The van der Waals surface area contributed by atoms with Crippen molar-refractivity contribution in [1.82, 2.24) is 0 Å². The van der Waals surface area contributed by atoms with Crippen molar-refractivity contribution < 1.29 is 77.5 Å². The Kier molecular flexibility index (Phi) is 19.6. The molecular formula is C59H53ClN6O16. The SMILES string of the molecule is COC(=O)c1ccc2c(c1)CC(=O)N2.COC(=O)c1cccc2c1CC(=O)N2.O=C(O)CCc1ccc2c(c1)CC(=O)N2.O=C1Cc2c(cccc2C(=O)O)N1.O=C1Cc2cc(C(=O)O)ccc2N1.O=C1Cc2cc(CCCl)ccc2N1. The zero-order valence-electron chi connectivity index (χ0n) is 44.0. The number of halogens is 1. The Bertz CT molecular complexity index is 3600. The van der Waals surface area contributed by atoms with Crippen LogP contribution in [0.3, 0.4) is 0 Å². The van der Waals surface area contributed by atoms with Gasteiger partial charge in [-0.3, -0.25) is 33.6 Å². The molecule has 0 saturated heterocycles. The number of alkyl halides is 1. The van der Waals surface area contributed by atoms with E-state index in [-0.39, 0.29) is 78.2 Å². The fourth-order valence-corrected chi connectivity index (χ4v) is 9.29. The van der Waals surface area contributed by atoms with Gasteiger partial charge in [0.1, 0.15) is 0 Å². The fraction of sp³-hybridized carbons (Fsp3) is 0.203. The topological polar surface area (TPSA) is 339 Å². The summed E-state index contributed by atoms with van der Waals surface area (Å²) in [5, 5.41) is 42.1. The van der Waals surface area contributed by atoms with Crippen molar-refractivity contribution in [3.8, 4) is 0 Å². The zero-order chi connectivity index (χ0) is 59.2. The van der Waals surface area contributed by atoms with Gasteiger partial charge in [0.15, 0.2) is 0 Å². The van der Waals surface area contributed by atoms with E-state index in [4.69, 9.17) is 26.9 Å². The van der Waals surface area contributed by atoms with Crippen LogP contribution >= 0.6 is 11.6 Å². The zero-order valence-corrected chi connectivity index (χ0v) is 44.7. The average Bonchev–Trinajstić information content (AvgIpc) is 4.41. The van der Waals surface area contributed by atoms with E-state index in [0.29, 0.717) is 59.6 Å². The second-order valence-electron chi connectivity index (χ2n) is 18.7. The van der Waals surface area contributed by atoms with E-state index in [1.165, 1.54) is 38.0 Å². The van der Waals surface area contributed by atoms with Crippen LogP contribution in [0.4, 0.5) is 34.1 Å². The van der Waals surface area contributed by atoms with Crippen molar-refractivity contribution >= 4 is 111 Å². The summed E-state index contributed by atoms with van der Waals surface area (Å²) in [5.74, 6) is -3.20. The lowest BCUT2D eigenvalue weighted by molar-refractivity contribution is -0.137. The molecule has 0 aliphatic carbocycles. The van der Waals surface area contributed by atoms with Gasteiger partial charge in [0.2, 0.25) is 35.4 Å². The molecule has 6 heterocycles. The van der Waals surface area contributed by atoms with E-state index < -0.39 is 23.9 Å². The second-order valence-corrected chi connectivity index (χ2v) is 19.0. The Hall–Kier alpha value is -10.2. The molecule has 12 rings (SSSR count). The number of aromatic carboxylic acids is 2. The van der Waals surface area contributed by atoms with Crippen molar-refractivity contribution in [3.05, 3.63) is 176 Å². The van der Waals surface area contributed by atoms with Gasteiger partial charge in [-0.25, -0.2) is 19.2 Å². The molecular weight excluding hydrogens is 1080 g/mol. The Morgan fingerprint density at radius 2 is 0.805 bits per heavy atom. The van der Waals surface area contributed by atoms with E-state index in [1.807, 2.05) is 30.3 Å². The molecule has 0 atom stereocenters.